The van der Waals surface area contributed by atoms with Crippen LogP contribution in [0.2, 0.25) is 0 Å². The van der Waals surface area contributed by atoms with Crippen molar-refractivity contribution >= 4 is 5.91 Å². The summed E-state index contributed by atoms with van der Waals surface area (Å²) < 4.78 is 5.14. The molecule has 14 heavy (non-hydrogen) atoms. The Morgan fingerprint density at radius 2 is 2.14 bits per heavy atom. The summed E-state index contributed by atoms with van der Waals surface area (Å²) in [5.74, 6) is -0.164. The standard InChI is InChI=1S/C10H21NO3/c1-5-8(7-12)11-9(13)10(3,6-2)14-4/h8,12H,5-7H2,1-4H3,(H,11,13). The molecule has 0 aliphatic rings. The molecule has 0 aromatic carbocycles. The van der Waals surface area contributed by atoms with Gasteiger partial charge in [-0.3, -0.25) is 4.79 Å². The van der Waals surface area contributed by atoms with Crippen molar-refractivity contribution in [1.29, 1.82) is 0 Å². The van der Waals surface area contributed by atoms with Gasteiger partial charge in [0.1, 0.15) is 5.60 Å². The Morgan fingerprint density at radius 1 is 1.57 bits per heavy atom. The number of methoxy groups -OCH3 is 1. The number of aliphatic hydroxyl groups excluding tert-OH is 1. The van der Waals surface area contributed by atoms with Crippen LogP contribution < -0.4 is 5.32 Å². The first-order chi connectivity index (χ1) is 6.53. The first-order valence-corrected chi connectivity index (χ1v) is 5.01. The predicted octanol–water partition coefficient (Wildman–Crippen LogP) is 0.689. The monoisotopic (exact) mass is 203 g/mol. The molecule has 0 aliphatic carbocycles. The molecule has 1 amide bonds. The molecule has 0 fully saturated rings. The van der Waals surface area contributed by atoms with Gasteiger partial charge < -0.3 is 15.2 Å². The van der Waals surface area contributed by atoms with Gasteiger partial charge in [-0.1, -0.05) is 13.8 Å². The van der Waals surface area contributed by atoms with Crippen molar-refractivity contribution < 1.29 is 14.6 Å². The number of carbonyl (C=O) groups is 1. The summed E-state index contributed by atoms with van der Waals surface area (Å²) in [6.45, 7) is 5.51. The van der Waals surface area contributed by atoms with Crippen LogP contribution in [0.4, 0.5) is 0 Å². The Kier molecular flexibility index (Phi) is 5.72. The molecule has 0 aliphatic heterocycles. The number of rotatable bonds is 6. The van der Waals surface area contributed by atoms with Crippen molar-refractivity contribution in [1.82, 2.24) is 5.32 Å². The summed E-state index contributed by atoms with van der Waals surface area (Å²) in [4.78, 5) is 11.7. The van der Waals surface area contributed by atoms with E-state index in [-0.39, 0.29) is 18.6 Å². The third kappa shape index (κ3) is 3.27. The van der Waals surface area contributed by atoms with E-state index in [1.54, 1.807) is 6.92 Å². The minimum Gasteiger partial charge on any atom is -0.394 e. The fourth-order valence-electron chi connectivity index (χ4n) is 1.01. The molecule has 2 N–H and O–H groups in total. The van der Waals surface area contributed by atoms with E-state index >= 15 is 0 Å². The van der Waals surface area contributed by atoms with E-state index in [2.05, 4.69) is 5.32 Å². The van der Waals surface area contributed by atoms with Gasteiger partial charge in [0.15, 0.2) is 0 Å². The first kappa shape index (κ1) is 13.4. The second-order valence-corrected chi connectivity index (χ2v) is 3.55. The molecule has 0 radical (unpaired) electrons. The van der Waals surface area contributed by atoms with Crippen LogP contribution in [0.1, 0.15) is 33.6 Å². The van der Waals surface area contributed by atoms with E-state index in [1.807, 2.05) is 13.8 Å². The molecule has 4 heteroatoms. The van der Waals surface area contributed by atoms with Crippen LogP contribution in [-0.4, -0.2) is 36.4 Å². The van der Waals surface area contributed by atoms with Crippen molar-refractivity contribution in [2.24, 2.45) is 0 Å². The number of hydrogen-bond acceptors (Lipinski definition) is 3. The smallest absolute Gasteiger partial charge is 0.252 e. The first-order valence-electron chi connectivity index (χ1n) is 5.01. The zero-order valence-corrected chi connectivity index (χ0v) is 9.46. The lowest BCUT2D eigenvalue weighted by atomic mass is 10.0. The summed E-state index contributed by atoms with van der Waals surface area (Å²) in [7, 11) is 1.52. The van der Waals surface area contributed by atoms with Gasteiger partial charge in [-0.25, -0.2) is 0 Å². The summed E-state index contributed by atoms with van der Waals surface area (Å²) in [6.07, 6.45) is 1.32. The third-order valence-corrected chi connectivity index (χ3v) is 2.65. The van der Waals surface area contributed by atoms with Crippen LogP contribution in [0.3, 0.4) is 0 Å². The van der Waals surface area contributed by atoms with Gasteiger partial charge in [-0.15, -0.1) is 0 Å². The fourth-order valence-corrected chi connectivity index (χ4v) is 1.01. The summed E-state index contributed by atoms with van der Waals surface area (Å²) in [6, 6.07) is -0.177. The van der Waals surface area contributed by atoms with Crippen LogP contribution in [0, 0.1) is 0 Å². The number of carbonyl (C=O) groups excluding carboxylic acids is 1. The Balaban J connectivity index is 4.30. The zero-order chi connectivity index (χ0) is 11.2. The Bertz CT molecular complexity index is 174. The van der Waals surface area contributed by atoms with Crippen LogP contribution >= 0.6 is 0 Å². The highest BCUT2D eigenvalue weighted by Gasteiger charge is 2.31. The highest BCUT2D eigenvalue weighted by atomic mass is 16.5. The molecular weight excluding hydrogens is 182 g/mol. The largest absolute Gasteiger partial charge is 0.394 e. The van der Waals surface area contributed by atoms with Crippen molar-refractivity contribution in [2.45, 2.75) is 45.3 Å². The van der Waals surface area contributed by atoms with Gasteiger partial charge in [0.25, 0.3) is 5.91 Å². The molecule has 2 unspecified atom stereocenters. The van der Waals surface area contributed by atoms with Crippen molar-refractivity contribution in [3.63, 3.8) is 0 Å². The fraction of sp³-hybridized carbons (Fsp3) is 0.900. The van der Waals surface area contributed by atoms with Crippen LogP contribution in [0.25, 0.3) is 0 Å². The molecule has 4 nitrogen and oxygen atoms in total. The van der Waals surface area contributed by atoms with Crippen molar-refractivity contribution in [3.05, 3.63) is 0 Å². The number of nitrogens with one attached hydrogen (secondary N) is 1. The lowest BCUT2D eigenvalue weighted by Gasteiger charge is -2.27. The average Bonchev–Trinajstić information content (AvgIpc) is 2.24. The number of aliphatic hydroxyl groups is 1. The highest BCUT2D eigenvalue weighted by Crippen LogP contribution is 2.14. The van der Waals surface area contributed by atoms with Gasteiger partial charge in [-0.2, -0.15) is 0 Å². The quantitative estimate of drug-likeness (QED) is 0.667. The van der Waals surface area contributed by atoms with E-state index in [9.17, 15) is 4.79 Å². The van der Waals surface area contributed by atoms with E-state index in [1.165, 1.54) is 7.11 Å². The zero-order valence-electron chi connectivity index (χ0n) is 9.46. The average molecular weight is 203 g/mol. The maximum Gasteiger partial charge on any atom is 0.252 e. The molecular formula is C10H21NO3. The van der Waals surface area contributed by atoms with Gasteiger partial charge in [-0.05, 0) is 19.8 Å². The SMILES string of the molecule is CCC(CO)NC(=O)C(C)(CC)OC. The summed E-state index contributed by atoms with van der Waals surface area (Å²) in [5.41, 5.74) is -0.789. The van der Waals surface area contributed by atoms with Crippen molar-refractivity contribution in [3.8, 4) is 0 Å². The Morgan fingerprint density at radius 3 is 2.43 bits per heavy atom. The van der Waals surface area contributed by atoms with Crippen LogP contribution in [-0.2, 0) is 9.53 Å². The predicted molar refractivity (Wildman–Crippen MR) is 55.0 cm³/mol. The maximum absolute atomic E-state index is 11.7. The van der Waals surface area contributed by atoms with Crippen molar-refractivity contribution in [2.75, 3.05) is 13.7 Å². The minimum absolute atomic E-state index is 0.0360. The molecule has 0 spiro atoms. The van der Waals surface area contributed by atoms with Gasteiger partial charge in [0, 0.05) is 7.11 Å². The lowest BCUT2D eigenvalue weighted by molar-refractivity contribution is -0.142. The van der Waals surface area contributed by atoms with E-state index in [4.69, 9.17) is 9.84 Å². The second-order valence-electron chi connectivity index (χ2n) is 3.55. The summed E-state index contributed by atoms with van der Waals surface area (Å²) >= 11 is 0. The highest BCUT2D eigenvalue weighted by molar-refractivity contribution is 5.84. The minimum atomic E-state index is -0.789. The van der Waals surface area contributed by atoms with Crippen LogP contribution in [0.5, 0.6) is 0 Å². The molecule has 0 heterocycles. The molecule has 0 aromatic heterocycles. The topological polar surface area (TPSA) is 58.6 Å². The van der Waals surface area contributed by atoms with Gasteiger partial charge in [0.2, 0.25) is 0 Å². The Hall–Kier alpha value is -0.610. The molecule has 2 atom stereocenters. The molecule has 0 bridgehead atoms. The maximum atomic E-state index is 11.7. The van der Waals surface area contributed by atoms with E-state index < -0.39 is 5.60 Å². The Labute approximate surface area is 85.6 Å². The van der Waals surface area contributed by atoms with Gasteiger partial charge >= 0.3 is 0 Å². The van der Waals surface area contributed by atoms with Crippen LogP contribution in [0.15, 0.2) is 0 Å². The second kappa shape index (κ2) is 5.98. The normalized spacial score (nSPS) is 17.2. The molecule has 0 saturated carbocycles. The van der Waals surface area contributed by atoms with E-state index in [0.29, 0.717) is 12.8 Å². The number of hydrogen-bond donors (Lipinski definition) is 2. The summed E-state index contributed by atoms with van der Waals surface area (Å²) in [5, 5.41) is 11.7. The van der Waals surface area contributed by atoms with E-state index in [0.717, 1.165) is 0 Å². The molecule has 84 valence electrons. The molecule has 0 aromatic rings. The number of amides is 1. The number of ether oxygens (including phenoxy) is 1. The van der Waals surface area contributed by atoms with Gasteiger partial charge in [0.05, 0.1) is 12.6 Å². The third-order valence-electron chi connectivity index (χ3n) is 2.65. The molecule has 0 rings (SSSR count). The lowest BCUT2D eigenvalue weighted by Crippen LogP contribution is -2.50. The molecule has 0 saturated heterocycles.